The Morgan fingerprint density at radius 3 is 2.08 bits per heavy atom. The van der Waals surface area contributed by atoms with Crippen molar-refractivity contribution in [2.45, 2.75) is 63.7 Å². The van der Waals surface area contributed by atoms with E-state index in [0.717, 1.165) is 70.4 Å². The minimum Gasteiger partial charge on any atom is -0.453 e. The van der Waals surface area contributed by atoms with Crippen LogP contribution in [-0.2, 0) is 19.1 Å². The molecule has 15 nitrogen and oxygen atoms in total. The third kappa shape index (κ3) is 8.54. The molecule has 0 aliphatic carbocycles. The van der Waals surface area contributed by atoms with Gasteiger partial charge < -0.3 is 39.9 Å². The first-order chi connectivity index (χ1) is 29.6. The number of carbonyl (C=O) groups excluding carboxylic acids is 4. The number of benzene rings is 3. The van der Waals surface area contributed by atoms with Gasteiger partial charge in [-0.1, -0.05) is 80.6 Å². The smallest absolute Gasteiger partial charge is 0.407 e. The van der Waals surface area contributed by atoms with Gasteiger partial charge in [0.05, 0.1) is 55.1 Å². The average Bonchev–Trinajstić information content (AvgIpc) is 4.14. The summed E-state index contributed by atoms with van der Waals surface area (Å²) in [5.74, 6) is 0.922. The van der Waals surface area contributed by atoms with E-state index in [1.165, 1.54) is 14.2 Å². The fraction of sp³-hybridized carbons (Fsp3) is 0.326. The Hall–Kier alpha value is -7.03. The molecule has 4 amide bonds. The normalized spacial score (nSPS) is 17.3. The number of hydrogen-bond donors (Lipinski definition) is 4. The highest BCUT2D eigenvalue weighted by molar-refractivity contribution is 5.88. The van der Waals surface area contributed by atoms with Crippen LogP contribution in [0.2, 0.25) is 0 Å². The second kappa shape index (κ2) is 17.7. The zero-order valence-corrected chi connectivity index (χ0v) is 34.6. The molecular weight excluding hydrogens is 775 g/mol. The number of hydrogen-bond acceptors (Lipinski definition) is 9. The number of aromatic nitrogens is 5. The minimum absolute atomic E-state index is 0.114. The highest BCUT2D eigenvalue weighted by Crippen LogP contribution is 2.36. The summed E-state index contributed by atoms with van der Waals surface area (Å²) in [4.78, 5) is 76.7. The quantitative estimate of drug-likeness (QED) is 0.103. The van der Waals surface area contributed by atoms with Crippen LogP contribution < -0.4 is 10.6 Å². The molecule has 5 heterocycles. The van der Waals surface area contributed by atoms with Gasteiger partial charge in [0, 0.05) is 35.8 Å². The molecule has 8 rings (SSSR count). The zero-order valence-electron chi connectivity index (χ0n) is 34.6. The zero-order chi connectivity index (χ0) is 42.6. The van der Waals surface area contributed by atoms with Gasteiger partial charge in [-0.05, 0) is 60.9 Å². The summed E-state index contributed by atoms with van der Waals surface area (Å²) in [7, 11) is 2.57. The number of carbonyl (C=O) groups is 4. The molecule has 3 aromatic carbocycles. The molecule has 6 aromatic rings. The number of fused-ring (bicyclic) bond motifs is 1. The van der Waals surface area contributed by atoms with E-state index in [9.17, 15) is 19.2 Å². The van der Waals surface area contributed by atoms with E-state index in [0.29, 0.717) is 30.3 Å². The van der Waals surface area contributed by atoms with Crippen LogP contribution in [0.5, 0.6) is 0 Å². The lowest BCUT2D eigenvalue weighted by Gasteiger charge is -2.29. The van der Waals surface area contributed by atoms with Crippen LogP contribution in [-0.4, -0.2) is 92.1 Å². The molecule has 0 saturated carbocycles. The van der Waals surface area contributed by atoms with Crippen LogP contribution in [0, 0.1) is 5.92 Å². The number of rotatable bonds is 11. The number of aromatic amines is 2. The second-order valence-corrected chi connectivity index (χ2v) is 15.8. The number of pyridine rings is 1. The largest absolute Gasteiger partial charge is 0.453 e. The van der Waals surface area contributed by atoms with Crippen molar-refractivity contribution in [3.8, 4) is 33.8 Å². The Kier molecular flexibility index (Phi) is 11.8. The Morgan fingerprint density at radius 2 is 1.38 bits per heavy atom. The van der Waals surface area contributed by atoms with Crippen molar-refractivity contribution < 1.29 is 28.7 Å². The number of ether oxygens (including phenoxy) is 2. The van der Waals surface area contributed by atoms with Crippen LogP contribution in [0.25, 0.3) is 44.7 Å². The Balaban J connectivity index is 0.942. The van der Waals surface area contributed by atoms with E-state index < -0.39 is 24.3 Å². The van der Waals surface area contributed by atoms with Crippen molar-refractivity contribution in [1.29, 1.82) is 0 Å². The molecule has 15 heteroatoms. The molecule has 0 unspecified atom stereocenters. The summed E-state index contributed by atoms with van der Waals surface area (Å²) in [5.41, 5.74) is 6.78. The van der Waals surface area contributed by atoms with Gasteiger partial charge in [0.25, 0.3) is 5.91 Å². The van der Waals surface area contributed by atoms with Crippen LogP contribution in [0.3, 0.4) is 0 Å². The first-order valence-electron chi connectivity index (χ1n) is 20.6. The standard InChI is InChI=1S/C46H49N9O6/c1-27(2)39(52-45(58)60-3)43(56)54-22-8-12-37(54)42-48-26-36(51-42)32-19-21-34-31(24-32)18-20-33(49-34)28-14-16-29(17-15-28)35-25-47-41(50-35)38-13-9-23-55(38)44(57)40(53-46(59)61-4)30-10-6-5-7-11-30/h5-7,10-11,14-21,24-27,37-40H,8-9,12-13,22-23H2,1-4H3,(H,47,50)(H,48,51)(H,52,58)(H,53,59)/t37-,38-,39-,40+/m0/s1. The third-order valence-electron chi connectivity index (χ3n) is 11.6. The molecule has 0 bridgehead atoms. The molecule has 61 heavy (non-hydrogen) atoms. The number of imidazole rings is 2. The van der Waals surface area contributed by atoms with Crippen molar-refractivity contribution >= 4 is 34.9 Å². The average molecular weight is 824 g/mol. The van der Waals surface area contributed by atoms with Crippen LogP contribution >= 0.6 is 0 Å². The lowest BCUT2D eigenvalue weighted by molar-refractivity contribution is -0.135. The Morgan fingerprint density at radius 1 is 0.721 bits per heavy atom. The summed E-state index contributed by atoms with van der Waals surface area (Å²) in [6, 6.07) is 25.3. The highest BCUT2D eigenvalue weighted by Gasteiger charge is 2.39. The maximum Gasteiger partial charge on any atom is 0.407 e. The number of nitrogens with zero attached hydrogens (tertiary/aromatic N) is 5. The van der Waals surface area contributed by atoms with Crippen molar-refractivity contribution in [3.05, 3.63) is 115 Å². The number of nitrogens with one attached hydrogen (secondary N) is 4. The SMILES string of the molecule is COC(=O)N[C@H](C(=O)N1CCC[C@H]1c1nc(-c2ccc3nc(-c4ccc(-c5cnc([C@@H]6CCCN6C(=O)[C@H](NC(=O)OC)c6ccccc6)[nH]5)cc4)ccc3c2)c[nH]1)C(C)C. The second-order valence-electron chi connectivity index (χ2n) is 15.8. The number of amides is 4. The van der Waals surface area contributed by atoms with Crippen LogP contribution in [0.1, 0.15) is 74.9 Å². The molecule has 2 saturated heterocycles. The highest BCUT2D eigenvalue weighted by atomic mass is 16.5. The number of alkyl carbamates (subject to hydrolysis) is 2. The van der Waals surface area contributed by atoms with Gasteiger partial charge in [0.15, 0.2) is 0 Å². The molecule has 2 aliphatic heterocycles. The predicted octanol–water partition coefficient (Wildman–Crippen LogP) is 7.49. The van der Waals surface area contributed by atoms with Crippen LogP contribution in [0.15, 0.2) is 97.3 Å². The third-order valence-corrected chi connectivity index (χ3v) is 11.6. The number of methoxy groups -OCH3 is 2. The summed E-state index contributed by atoms with van der Waals surface area (Å²) >= 11 is 0. The molecule has 4 atom stereocenters. The maximum absolute atomic E-state index is 13.9. The fourth-order valence-corrected chi connectivity index (χ4v) is 8.36. The van der Waals surface area contributed by atoms with Crippen LogP contribution in [0.4, 0.5) is 9.59 Å². The summed E-state index contributed by atoms with van der Waals surface area (Å²) in [6.45, 7) is 4.93. The van der Waals surface area contributed by atoms with Crippen molar-refractivity contribution in [2.75, 3.05) is 27.3 Å². The van der Waals surface area contributed by atoms with Crippen molar-refractivity contribution in [1.82, 2.24) is 45.4 Å². The summed E-state index contributed by atoms with van der Waals surface area (Å²) in [5, 5.41) is 6.38. The Labute approximate surface area is 353 Å². The van der Waals surface area contributed by atoms with Gasteiger partial charge in [-0.25, -0.2) is 24.5 Å². The minimum atomic E-state index is -0.886. The number of H-pyrrole nitrogens is 2. The van der Waals surface area contributed by atoms with Gasteiger partial charge >= 0.3 is 12.2 Å². The molecule has 2 aliphatic rings. The molecule has 0 spiro atoms. The van der Waals surface area contributed by atoms with E-state index >= 15 is 0 Å². The van der Waals surface area contributed by atoms with Gasteiger partial charge in [0.1, 0.15) is 23.7 Å². The first kappa shape index (κ1) is 40.7. The lowest BCUT2D eigenvalue weighted by atomic mass is 10.0. The summed E-state index contributed by atoms with van der Waals surface area (Å²) in [6.07, 6.45) is 5.52. The van der Waals surface area contributed by atoms with Gasteiger partial charge in [-0.2, -0.15) is 0 Å². The first-order valence-corrected chi connectivity index (χ1v) is 20.6. The molecule has 3 aromatic heterocycles. The monoisotopic (exact) mass is 823 g/mol. The van der Waals surface area contributed by atoms with E-state index in [1.54, 1.807) is 16.0 Å². The van der Waals surface area contributed by atoms with E-state index in [4.69, 9.17) is 24.4 Å². The molecule has 0 radical (unpaired) electrons. The molecule has 314 valence electrons. The molecular formula is C46H49N9O6. The number of likely N-dealkylation sites (tertiary alicyclic amines) is 2. The maximum atomic E-state index is 13.9. The van der Waals surface area contributed by atoms with E-state index in [1.807, 2.05) is 92.8 Å². The van der Waals surface area contributed by atoms with E-state index in [2.05, 4.69) is 32.7 Å². The van der Waals surface area contributed by atoms with Crippen molar-refractivity contribution in [2.24, 2.45) is 5.92 Å². The van der Waals surface area contributed by atoms with Gasteiger partial charge in [-0.15, -0.1) is 0 Å². The summed E-state index contributed by atoms with van der Waals surface area (Å²) < 4.78 is 9.60. The predicted molar refractivity (Wildman–Crippen MR) is 229 cm³/mol. The molecule has 4 N–H and O–H groups in total. The van der Waals surface area contributed by atoms with Gasteiger partial charge in [0.2, 0.25) is 5.91 Å². The topological polar surface area (TPSA) is 188 Å². The lowest BCUT2D eigenvalue weighted by Crippen LogP contribution is -2.51. The van der Waals surface area contributed by atoms with Crippen molar-refractivity contribution in [3.63, 3.8) is 0 Å². The fourth-order valence-electron chi connectivity index (χ4n) is 8.36. The van der Waals surface area contributed by atoms with E-state index in [-0.39, 0.29) is 29.8 Å². The van der Waals surface area contributed by atoms with Gasteiger partial charge in [-0.3, -0.25) is 9.59 Å². The Bertz CT molecular complexity index is 2540. The molecule has 2 fully saturated rings.